The zero-order valence-corrected chi connectivity index (χ0v) is 16.9. The molecule has 0 aromatic carbocycles. The van der Waals surface area contributed by atoms with E-state index in [0.717, 1.165) is 63.4 Å². The first kappa shape index (κ1) is 19.1. The van der Waals surface area contributed by atoms with Gasteiger partial charge in [-0.1, -0.05) is 0 Å². The molecule has 1 amide bonds. The van der Waals surface area contributed by atoms with E-state index in [9.17, 15) is 4.79 Å². The topological polar surface area (TPSA) is 94.2 Å². The fourth-order valence-corrected chi connectivity index (χ4v) is 4.22. The van der Waals surface area contributed by atoms with E-state index >= 15 is 0 Å². The molecule has 2 aliphatic rings. The molecule has 0 saturated carbocycles. The third-order valence-corrected chi connectivity index (χ3v) is 6.02. The Morgan fingerprint density at radius 1 is 1.07 bits per heavy atom. The van der Waals surface area contributed by atoms with Crippen LogP contribution in [0.5, 0.6) is 0 Å². The van der Waals surface area contributed by atoms with E-state index in [1.807, 2.05) is 22.0 Å². The van der Waals surface area contributed by atoms with Crippen LogP contribution in [0.15, 0.2) is 31.2 Å². The first-order valence-corrected chi connectivity index (χ1v) is 10.5. The zero-order valence-electron chi connectivity index (χ0n) is 16.9. The molecule has 0 radical (unpaired) electrons. The molecular weight excluding hydrogens is 384 g/mol. The molecule has 10 nitrogen and oxygen atoms in total. The summed E-state index contributed by atoms with van der Waals surface area (Å²) in [6.45, 7) is 6.39. The number of ether oxygens (including phenoxy) is 1. The van der Waals surface area contributed by atoms with Gasteiger partial charge in [0.2, 0.25) is 0 Å². The van der Waals surface area contributed by atoms with Gasteiger partial charge in [0.15, 0.2) is 5.65 Å². The molecule has 158 valence electrons. The number of rotatable bonds is 5. The standard InChI is InChI=1S/C20H26N8O2/c29-20(26-6-3-25(4-7-26)5-8-27-14-21-13-24-27)16-11-18-19(22-12-16)28(15-23-18)17-1-9-30-10-2-17/h11-15,17H,1-10H2. The Balaban J connectivity index is 1.21. The van der Waals surface area contributed by atoms with Crippen LogP contribution in [-0.2, 0) is 11.3 Å². The number of piperazine rings is 1. The average Bonchev–Trinajstić information content (AvgIpc) is 3.47. The lowest BCUT2D eigenvalue weighted by Gasteiger charge is -2.34. The van der Waals surface area contributed by atoms with Gasteiger partial charge in [0.1, 0.15) is 18.2 Å². The minimum atomic E-state index is 0.0287. The molecular formula is C20H26N8O2. The maximum atomic E-state index is 13.0. The van der Waals surface area contributed by atoms with Crippen LogP contribution in [0.2, 0.25) is 0 Å². The highest BCUT2D eigenvalue weighted by Gasteiger charge is 2.24. The first-order chi connectivity index (χ1) is 14.8. The van der Waals surface area contributed by atoms with E-state index < -0.39 is 0 Å². The van der Waals surface area contributed by atoms with Crippen molar-refractivity contribution in [1.29, 1.82) is 0 Å². The SMILES string of the molecule is O=C(c1cnc2c(c1)ncn2C1CCOCC1)N1CCN(CCn2cncn2)CC1. The van der Waals surface area contributed by atoms with E-state index in [0.29, 0.717) is 24.7 Å². The Hall–Kier alpha value is -2.85. The summed E-state index contributed by atoms with van der Waals surface area (Å²) in [5.41, 5.74) is 2.23. The van der Waals surface area contributed by atoms with Gasteiger partial charge >= 0.3 is 0 Å². The maximum absolute atomic E-state index is 13.0. The summed E-state index contributed by atoms with van der Waals surface area (Å²) in [4.78, 5) is 30.3. The van der Waals surface area contributed by atoms with Gasteiger partial charge in [0.25, 0.3) is 5.91 Å². The number of hydrogen-bond acceptors (Lipinski definition) is 7. The molecule has 5 heterocycles. The van der Waals surface area contributed by atoms with Crippen molar-refractivity contribution >= 4 is 17.1 Å². The lowest BCUT2D eigenvalue weighted by atomic mass is 10.1. The molecule has 30 heavy (non-hydrogen) atoms. The van der Waals surface area contributed by atoms with Crippen molar-refractivity contribution in [2.24, 2.45) is 0 Å². The minimum Gasteiger partial charge on any atom is -0.381 e. The van der Waals surface area contributed by atoms with Crippen LogP contribution in [0, 0.1) is 0 Å². The Bertz CT molecular complexity index is 988. The van der Waals surface area contributed by atoms with Crippen molar-refractivity contribution < 1.29 is 9.53 Å². The second-order valence-corrected chi connectivity index (χ2v) is 7.85. The van der Waals surface area contributed by atoms with E-state index in [-0.39, 0.29) is 5.91 Å². The van der Waals surface area contributed by atoms with Crippen LogP contribution in [0.4, 0.5) is 0 Å². The van der Waals surface area contributed by atoms with Gasteiger partial charge in [0.05, 0.1) is 18.4 Å². The molecule has 2 fully saturated rings. The predicted octanol–water partition coefficient (Wildman–Crippen LogP) is 0.832. The van der Waals surface area contributed by atoms with Crippen molar-refractivity contribution in [2.75, 3.05) is 45.9 Å². The van der Waals surface area contributed by atoms with E-state index in [2.05, 4.69) is 29.5 Å². The lowest BCUT2D eigenvalue weighted by Crippen LogP contribution is -2.49. The molecule has 0 bridgehead atoms. The van der Waals surface area contributed by atoms with Gasteiger partial charge in [0, 0.05) is 58.2 Å². The zero-order chi connectivity index (χ0) is 20.3. The monoisotopic (exact) mass is 410 g/mol. The van der Waals surface area contributed by atoms with E-state index in [4.69, 9.17) is 4.74 Å². The van der Waals surface area contributed by atoms with Crippen LogP contribution in [0.1, 0.15) is 29.2 Å². The van der Waals surface area contributed by atoms with Crippen LogP contribution in [0.3, 0.4) is 0 Å². The number of hydrogen-bond donors (Lipinski definition) is 0. The summed E-state index contributed by atoms with van der Waals surface area (Å²) >= 11 is 0. The smallest absolute Gasteiger partial charge is 0.255 e. The first-order valence-electron chi connectivity index (χ1n) is 10.5. The van der Waals surface area contributed by atoms with Crippen molar-refractivity contribution in [3.63, 3.8) is 0 Å². The van der Waals surface area contributed by atoms with Crippen molar-refractivity contribution in [3.05, 3.63) is 36.8 Å². The molecule has 0 aliphatic carbocycles. The predicted molar refractivity (Wildman–Crippen MR) is 109 cm³/mol. The summed E-state index contributed by atoms with van der Waals surface area (Å²) in [7, 11) is 0. The second kappa shape index (κ2) is 8.49. The Morgan fingerprint density at radius 2 is 1.90 bits per heavy atom. The number of fused-ring (bicyclic) bond motifs is 1. The number of nitrogens with zero attached hydrogens (tertiary/aromatic N) is 8. The van der Waals surface area contributed by atoms with Crippen molar-refractivity contribution in [2.45, 2.75) is 25.4 Å². The maximum Gasteiger partial charge on any atom is 0.255 e. The summed E-state index contributed by atoms with van der Waals surface area (Å²) in [5.74, 6) is 0.0287. The van der Waals surface area contributed by atoms with Gasteiger partial charge < -0.3 is 14.2 Å². The number of pyridine rings is 1. The third kappa shape index (κ3) is 3.92. The number of carbonyl (C=O) groups is 1. The fraction of sp³-hybridized carbons (Fsp3) is 0.550. The highest BCUT2D eigenvalue weighted by molar-refractivity contribution is 5.96. The second-order valence-electron chi connectivity index (χ2n) is 7.85. The third-order valence-electron chi connectivity index (χ3n) is 6.02. The van der Waals surface area contributed by atoms with Crippen LogP contribution < -0.4 is 0 Å². The molecule has 0 spiro atoms. The molecule has 3 aromatic heterocycles. The highest BCUT2D eigenvalue weighted by Crippen LogP contribution is 2.25. The Morgan fingerprint density at radius 3 is 2.67 bits per heavy atom. The van der Waals surface area contributed by atoms with Gasteiger partial charge in [-0.25, -0.2) is 15.0 Å². The molecule has 3 aromatic rings. The largest absolute Gasteiger partial charge is 0.381 e. The number of carbonyl (C=O) groups excluding carboxylic acids is 1. The van der Waals surface area contributed by atoms with Gasteiger partial charge in [-0.3, -0.25) is 14.4 Å². The molecule has 0 N–H and O–H groups in total. The molecule has 0 atom stereocenters. The number of imidazole rings is 1. The summed E-state index contributed by atoms with van der Waals surface area (Å²) < 4.78 is 9.41. The summed E-state index contributed by atoms with van der Waals surface area (Å²) in [6, 6.07) is 2.24. The molecule has 2 aliphatic heterocycles. The quantitative estimate of drug-likeness (QED) is 0.615. The molecule has 5 rings (SSSR count). The van der Waals surface area contributed by atoms with Gasteiger partial charge in [-0.2, -0.15) is 5.10 Å². The molecule has 10 heteroatoms. The van der Waals surface area contributed by atoms with Crippen molar-refractivity contribution in [3.8, 4) is 0 Å². The fourth-order valence-electron chi connectivity index (χ4n) is 4.22. The van der Waals surface area contributed by atoms with E-state index in [1.54, 1.807) is 18.9 Å². The van der Waals surface area contributed by atoms with Crippen LogP contribution in [0.25, 0.3) is 11.2 Å². The number of aromatic nitrogens is 6. The van der Waals surface area contributed by atoms with Crippen LogP contribution >= 0.6 is 0 Å². The summed E-state index contributed by atoms with van der Waals surface area (Å²) in [6.07, 6.45) is 8.75. The van der Waals surface area contributed by atoms with E-state index in [1.165, 1.54) is 0 Å². The minimum absolute atomic E-state index is 0.0287. The van der Waals surface area contributed by atoms with Gasteiger partial charge in [-0.05, 0) is 18.9 Å². The molecule has 2 saturated heterocycles. The lowest BCUT2D eigenvalue weighted by molar-refractivity contribution is 0.0631. The van der Waals surface area contributed by atoms with Gasteiger partial charge in [-0.15, -0.1) is 0 Å². The van der Waals surface area contributed by atoms with Crippen molar-refractivity contribution in [1.82, 2.24) is 39.1 Å². The highest BCUT2D eigenvalue weighted by atomic mass is 16.5. The average molecular weight is 410 g/mol. The summed E-state index contributed by atoms with van der Waals surface area (Å²) in [5, 5.41) is 4.13. The van der Waals surface area contributed by atoms with Crippen LogP contribution in [-0.4, -0.2) is 90.9 Å². The molecule has 0 unspecified atom stereocenters. The Labute approximate surface area is 174 Å². The Kier molecular flexibility index (Phi) is 5.41. The normalized spacial score (nSPS) is 18.9. The number of amides is 1.